The van der Waals surface area contributed by atoms with Crippen molar-refractivity contribution >= 4 is 25.2 Å². The van der Waals surface area contributed by atoms with Gasteiger partial charge in [0.15, 0.2) is 0 Å². The molecule has 0 aromatic heterocycles. The standard InChI is InChI=1S/C6H8O7.BH3O3.3K/c7-3(8)1-6(13,5(11)12)2-4(9)10;2-1(3)4;;;/h13H,1-2H2,(H,7,8)(H,9,10)(H,11,12);2-4H;;;/q;;3*+1/p-3. The molecular formula is C6H8BK3O10. The van der Waals surface area contributed by atoms with Crippen LogP contribution < -0.4 is 169 Å². The van der Waals surface area contributed by atoms with Gasteiger partial charge in [-0.05, 0) is 0 Å². The predicted octanol–water partition coefficient (Wildman–Crippen LogP) is -16.3. The van der Waals surface area contributed by atoms with E-state index in [9.17, 15) is 29.7 Å². The zero-order chi connectivity index (χ0) is 14.2. The molecule has 4 N–H and O–H groups in total. The number of carboxylic acid groups (broad SMARTS) is 3. The number of carbonyl (C=O) groups is 3. The van der Waals surface area contributed by atoms with Crippen LogP contribution >= 0.6 is 0 Å². The second kappa shape index (κ2) is 18.6. The van der Waals surface area contributed by atoms with E-state index in [1.165, 1.54) is 0 Å². The maximum Gasteiger partial charge on any atom is 1.00 e. The molecule has 0 saturated carbocycles. The van der Waals surface area contributed by atoms with Crippen molar-refractivity contribution in [1.29, 1.82) is 0 Å². The van der Waals surface area contributed by atoms with Gasteiger partial charge in [-0.25, -0.2) is 0 Å². The first-order valence-corrected chi connectivity index (χ1v) is 3.89. The summed E-state index contributed by atoms with van der Waals surface area (Å²) in [7, 11) is -2.17. The number of hydrogen-bond acceptors (Lipinski definition) is 10. The van der Waals surface area contributed by atoms with Crippen molar-refractivity contribution < 1.29 is 204 Å². The van der Waals surface area contributed by atoms with Crippen molar-refractivity contribution in [2.75, 3.05) is 0 Å². The Morgan fingerprint density at radius 3 is 1.15 bits per heavy atom. The first-order chi connectivity index (χ1) is 7.51. The van der Waals surface area contributed by atoms with Crippen molar-refractivity contribution in [2.24, 2.45) is 0 Å². The van der Waals surface area contributed by atoms with E-state index < -0.39 is 43.7 Å². The largest absolute Gasteiger partial charge is 1.00 e. The summed E-state index contributed by atoms with van der Waals surface area (Å²) in [5, 5.41) is 60.4. The Morgan fingerprint density at radius 2 is 1.05 bits per heavy atom. The summed E-state index contributed by atoms with van der Waals surface area (Å²) in [5.74, 6) is -5.98. The van der Waals surface area contributed by atoms with Gasteiger partial charge >= 0.3 is 161 Å². The SMILES string of the molecule is O=C([O-])CC(O)(CC(=O)[O-])C(=O)[O-].OB(O)O.[K+].[K+].[K+]. The first-order valence-electron chi connectivity index (χ1n) is 3.89. The van der Waals surface area contributed by atoms with Gasteiger partial charge in [-0.2, -0.15) is 0 Å². The maximum atomic E-state index is 10.1. The fraction of sp³-hybridized carbons (Fsp3) is 0.500. The van der Waals surface area contributed by atoms with E-state index in [0.29, 0.717) is 0 Å². The fourth-order valence-corrected chi connectivity index (χ4v) is 0.684. The maximum absolute atomic E-state index is 10.1. The summed E-state index contributed by atoms with van der Waals surface area (Å²) >= 11 is 0. The minimum absolute atomic E-state index is 0. The normalized spacial score (nSPS) is 8.40. The van der Waals surface area contributed by atoms with E-state index >= 15 is 0 Å². The summed E-state index contributed by atoms with van der Waals surface area (Å²) < 4.78 is 0. The van der Waals surface area contributed by atoms with Gasteiger partial charge in [-0.1, -0.05) is 0 Å². The zero-order valence-corrected chi connectivity index (χ0v) is 20.6. The molecule has 0 rings (SSSR count). The van der Waals surface area contributed by atoms with Crippen LogP contribution in [-0.4, -0.2) is 51.0 Å². The third kappa shape index (κ3) is 23.5. The Labute approximate surface area is 241 Å². The molecule has 20 heavy (non-hydrogen) atoms. The molecule has 0 radical (unpaired) electrons. The average molecular weight is 368 g/mol. The van der Waals surface area contributed by atoms with Crippen LogP contribution in [0.15, 0.2) is 0 Å². The quantitative estimate of drug-likeness (QED) is 0.337. The van der Waals surface area contributed by atoms with Crippen molar-refractivity contribution in [3.63, 3.8) is 0 Å². The van der Waals surface area contributed by atoms with Crippen LogP contribution in [0.25, 0.3) is 0 Å². The van der Waals surface area contributed by atoms with Crippen LogP contribution in [0.1, 0.15) is 12.8 Å². The molecule has 14 heteroatoms. The molecule has 0 aliphatic rings. The molecule has 0 aliphatic carbocycles. The van der Waals surface area contributed by atoms with Gasteiger partial charge in [0.2, 0.25) is 0 Å². The average Bonchev–Trinajstić information content (AvgIpc) is 1.98. The second-order valence-electron chi connectivity index (χ2n) is 2.76. The zero-order valence-electron chi connectivity index (χ0n) is 11.2. The number of hydrogen-bond donors (Lipinski definition) is 4. The summed E-state index contributed by atoms with van der Waals surface area (Å²) in [4.78, 5) is 30.0. The van der Waals surface area contributed by atoms with Gasteiger partial charge < -0.3 is 49.9 Å². The van der Waals surface area contributed by atoms with E-state index in [1.807, 2.05) is 0 Å². The topological polar surface area (TPSA) is 201 Å². The monoisotopic (exact) mass is 368 g/mol. The van der Waals surface area contributed by atoms with Crippen molar-refractivity contribution in [2.45, 2.75) is 18.4 Å². The molecule has 0 aromatic rings. The van der Waals surface area contributed by atoms with E-state index in [-0.39, 0.29) is 154 Å². The molecule has 0 atom stereocenters. The van der Waals surface area contributed by atoms with Gasteiger partial charge in [0.25, 0.3) is 0 Å². The first kappa shape index (κ1) is 34.5. The van der Waals surface area contributed by atoms with Crippen LogP contribution in [0.3, 0.4) is 0 Å². The van der Waals surface area contributed by atoms with Crippen LogP contribution in [0, 0.1) is 0 Å². The van der Waals surface area contributed by atoms with E-state index in [2.05, 4.69) is 0 Å². The van der Waals surface area contributed by atoms with Gasteiger partial charge in [0, 0.05) is 24.8 Å². The molecule has 0 saturated heterocycles. The van der Waals surface area contributed by atoms with E-state index in [4.69, 9.17) is 20.2 Å². The molecule has 0 amide bonds. The van der Waals surface area contributed by atoms with Crippen LogP contribution in [0.2, 0.25) is 0 Å². The molecule has 0 unspecified atom stereocenters. The van der Waals surface area contributed by atoms with Crippen molar-refractivity contribution in [3.05, 3.63) is 0 Å². The molecule has 0 aliphatic heterocycles. The van der Waals surface area contributed by atoms with Gasteiger partial charge in [0.1, 0.15) is 5.60 Å². The molecule has 0 heterocycles. The third-order valence-electron chi connectivity index (χ3n) is 1.25. The molecule has 10 nitrogen and oxygen atoms in total. The van der Waals surface area contributed by atoms with Crippen molar-refractivity contribution in [1.82, 2.24) is 0 Å². The summed E-state index contributed by atoms with van der Waals surface area (Å²) in [6.07, 6.45) is -2.72. The van der Waals surface area contributed by atoms with E-state index in [0.717, 1.165) is 0 Å². The Hall–Kier alpha value is 3.22. The summed E-state index contributed by atoms with van der Waals surface area (Å²) in [6, 6.07) is 0. The summed E-state index contributed by atoms with van der Waals surface area (Å²) in [5.41, 5.74) is -2.97. The molecule has 0 aromatic carbocycles. The number of rotatable bonds is 5. The van der Waals surface area contributed by atoms with Crippen molar-refractivity contribution in [3.8, 4) is 0 Å². The predicted molar refractivity (Wildman–Crippen MR) is 41.6 cm³/mol. The fourth-order valence-electron chi connectivity index (χ4n) is 0.684. The van der Waals surface area contributed by atoms with E-state index in [1.54, 1.807) is 0 Å². The Balaban J connectivity index is -0.0000000951. The minimum atomic E-state index is -2.97. The number of aliphatic hydroxyl groups is 1. The third-order valence-corrected chi connectivity index (χ3v) is 1.25. The molecule has 0 spiro atoms. The molecular weight excluding hydrogens is 360 g/mol. The smallest absolute Gasteiger partial charge is 0.550 e. The molecule has 0 fully saturated rings. The number of aliphatic carboxylic acids is 3. The van der Waals surface area contributed by atoms with Crippen LogP contribution in [-0.2, 0) is 14.4 Å². The second-order valence-corrected chi connectivity index (χ2v) is 2.76. The molecule has 0 bridgehead atoms. The van der Waals surface area contributed by atoms with Gasteiger partial charge in [-0.3, -0.25) is 0 Å². The Kier molecular flexibility index (Phi) is 32.1. The van der Waals surface area contributed by atoms with Crippen LogP contribution in [0.5, 0.6) is 0 Å². The Morgan fingerprint density at radius 1 is 0.850 bits per heavy atom. The number of carbonyl (C=O) groups excluding carboxylic acids is 3. The minimum Gasteiger partial charge on any atom is -0.550 e. The van der Waals surface area contributed by atoms with Gasteiger partial charge in [0.05, 0.1) is 5.97 Å². The van der Waals surface area contributed by atoms with Gasteiger partial charge in [-0.15, -0.1) is 0 Å². The molecule has 98 valence electrons. The van der Waals surface area contributed by atoms with Crippen LogP contribution in [0.4, 0.5) is 0 Å². The summed E-state index contributed by atoms with van der Waals surface area (Å²) in [6.45, 7) is 0. The Bertz CT molecular complexity index is 280. The number of carboxylic acids is 3.